The van der Waals surface area contributed by atoms with Gasteiger partial charge in [0.15, 0.2) is 0 Å². The zero-order valence-corrected chi connectivity index (χ0v) is 27.7. The van der Waals surface area contributed by atoms with Gasteiger partial charge in [-0.3, -0.25) is 4.79 Å². The van der Waals surface area contributed by atoms with Crippen LogP contribution in [0, 0.1) is 18.3 Å². The summed E-state index contributed by atoms with van der Waals surface area (Å²) in [5, 5.41) is 14.7. The molecule has 0 radical (unpaired) electrons. The number of amides is 1. The molecule has 1 aliphatic carbocycles. The zero-order valence-electron chi connectivity index (χ0n) is 27.7. The van der Waals surface area contributed by atoms with Crippen LogP contribution in [0.2, 0.25) is 0 Å². The number of nitrogens with one attached hydrogen (secondary N) is 2. The van der Waals surface area contributed by atoms with Crippen LogP contribution in [0.1, 0.15) is 72.1 Å². The van der Waals surface area contributed by atoms with Crippen LogP contribution in [0.15, 0.2) is 54.4 Å². The van der Waals surface area contributed by atoms with Gasteiger partial charge in [0.1, 0.15) is 17.4 Å². The van der Waals surface area contributed by atoms with Crippen LogP contribution < -0.4 is 15.4 Å². The van der Waals surface area contributed by atoms with Crippen LogP contribution in [0.4, 0.5) is 11.5 Å². The third-order valence-corrected chi connectivity index (χ3v) is 8.81. The molecule has 2 aliphatic rings. The van der Waals surface area contributed by atoms with Crippen LogP contribution in [0.3, 0.4) is 0 Å². The predicted molar refractivity (Wildman–Crippen MR) is 180 cm³/mol. The summed E-state index contributed by atoms with van der Waals surface area (Å²) in [6, 6.07) is 12.5. The average molecular weight is 600 g/mol. The summed E-state index contributed by atoms with van der Waals surface area (Å²) < 4.78 is 13.2. The molecule has 0 bridgehead atoms. The minimum absolute atomic E-state index is 0.134. The SMILES string of the molecule is C/C=C(/Nc1ccc(OC)c2cccc(C)c12)Nc1cc(C(C)(C)C)nn1C1=CC(C)(CC(=O)N2CCOCC2)CC(C)C1. The molecule has 1 fully saturated rings. The maximum atomic E-state index is 13.3. The molecule has 1 amide bonds. The molecule has 1 saturated heterocycles. The normalized spacial score (nSPS) is 21.3. The highest BCUT2D eigenvalue weighted by molar-refractivity contribution is 6.00. The number of morpholine rings is 1. The number of nitrogens with zero attached hydrogens (tertiary/aromatic N) is 3. The first kappa shape index (κ1) is 31.6. The van der Waals surface area contributed by atoms with Gasteiger partial charge >= 0.3 is 0 Å². The molecule has 8 heteroatoms. The topological polar surface area (TPSA) is 80.7 Å². The minimum Gasteiger partial charge on any atom is -0.496 e. The van der Waals surface area contributed by atoms with Gasteiger partial charge in [0.05, 0.1) is 26.0 Å². The fourth-order valence-electron chi connectivity index (χ4n) is 6.65. The maximum absolute atomic E-state index is 13.3. The molecular formula is C36H49N5O3. The highest BCUT2D eigenvalue weighted by atomic mass is 16.5. The summed E-state index contributed by atoms with van der Waals surface area (Å²) in [6.07, 6.45) is 6.70. The fraction of sp³-hybridized carbons (Fsp3) is 0.500. The molecule has 1 aromatic heterocycles. The van der Waals surface area contributed by atoms with E-state index in [9.17, 15) is 4.79 Å². The van der Waals surface area contributed by atoms with Gasteiger partial charge in [-0.1, -0.05) is 58.9 Å². The van der Waals surface area contributed by atoms with E-state index in [-0.39, 0.29) is 16.7 Å². The number of methoxy groups -OCH3 is 1. The molecule has 2 atom stereocenters. The first-order valence-corrected chi connectivity index (χ1v) is 15.9. The Balaban J connectivity index is 1.48. The lowest BCUT2D eigenvalue weighted by atomic mass is 9.72. The van der Waals surface area contributed by atoms with Crippen molar-refractivity contribution in [1.82, 2.24) is 14.7 Å². The quantitative estimate of drug-likeness (QED) is 0.278. The molecule has 2 unspecified atom stereocenters. The Labute approximate surface area is 262 Å². The van der Waals surface area contributed by atoms with Gasteiger partial charge in [-0.05, 0) is 61.8 Å². The predicted octanol–water partition coefficient (Wildman–Crippen LogP) is 7.56. The van der Waals surface area contributed by atoms with E-state index < -0.39 is 0 Å². The lowest BCUT2D eigenvalue weighted by molar-refractivity contribution is -0.137. The van der Waals surface area contributed by atoms with Gasteiger partial charge in [0, 0.05) is 53.1 Å². The second-order valence-corrected chi connectivity index (χ2v) is 13.8. The van der Waals surface area contributed by atoms with Crippen LogP contribution in [-0.4, -0.2) is 54.0 Å². The van der Waals surface area contributed by atoms with Crippen molar-refractivity contribution in [3.63, 3.8) is 0 Å². The fourth-order valence-corrected chi connectivity index (χ4v) is 6.65. The molecular weight excluding hydrogens is 550 g/mol. The van der Waals surface area contributed by atoms with E-state index in [2.05, 4.69) is 93.3 Å². The number of ether oxygens (including phenoxy) is 2. The molecule has 2 aromatic carbocycles. The van der Waals surface area contributed by atoms with E-state index in [1.54, 1.807) is 7.11 Å². The number of allylic oxidation sites excluding steroid dienone is 3. The molecule has 5 rings (SSSR count). The van der Waals surface area contributed by atoms with Crippen molar-refractivity contribution in [3.05, 3.63) is 65.6 Å². The molecule has 8 nitrogen and oxygen atoms in total. The molecule has 0 saturated carbocycles. The van der Waals surface area contributed by atoms with E-state index in [1.807, 2.05) is 24.0 Å². The van der Waals surface area contributed by atoms with Gasteiger partial charge in [0.2, 0.25) is 5.91 Å². The summed E-state index contributed by atoms with van der Waals surface area (Å²) in [5.41, 5.74) is 3.92. The Kier molecular flexibility index (Phi) is 9.12. The van der Waals surface area contributed by atoms with E-state index in [0.717, 1.165) is 58.1 Å². The Hall–Kier alpha value is -3.78. The third kappa shape index (κ3) is 6.80. The summed E-state index contributed by atoms with van der Waals surface area (Å²) in [6.45, 7) is 17.8. The number of hydrogen-bond acceptors (Lipinski definition) is 6. The van der Waals surface area contributed by atoms with Gasteiger partial charge in [-0.2, -0.15) is 5.10 Å². The number of carbonyl (C=O) groups is 1. The monoisotopic (exact) mass is 599 g/mol. The van der Waals surface area contributed by atoms with Gasteiger partial charge < -0.3 is 25.0 Å². The lowest BCUT2D eigenvalue weighted by Gasteiger charge is -2.37. The van der Waals surface area contributed by atoms with Crippen molar-refractivity contribution in [2.24, 2.45) is 11.3 Å². The zero-order chi connectivity index (χ0) is 31.6. The maximum Gasteiger partial charge on any atom is 0.223 e. The van der Waals surface area contributed by atoms with Gasteiger partial charge in [0.25, 0.3) is 0 Å². The molecule has 0 spiro atoms. The Morgan fingerprint density at radius 3 is 2.61 bits per heavy atom. The number of fused-ring (bicyclic) bond motifs is 1. The number of hydrogen-bond donors (Lipinski definition) is 2. The molecule has 236 valence electrons. The van der Waals surface area contributed by atoms with Crippen LogP contribution in [0.25, 0.3) is 16.5 Å². The number of rotatable bonds is 8. The third-order valence-electron chi connectivity index (χ3n) is 8.81. The average Bonchev–Trinajstić information content (AvgIpc) is 3.41. The van der Waals surface area contributed by atoms with E-state index in [0.29, 0.717) is 38.6 Å². The summed E-state index contributed by atoms with van der Waals surface area (Å²) in [7, 11) is 1.71. The number of aromatic nitrogens is 2. The van der Waals surface area contributed by atoms with Crippen molar-refractivity contribution >= 4 is 33.9 Å². The largest absolute Gasteiger partial charge is 0.496 e. The van der Waals surface area contributed by atoms with Gasteiger partial charge in [-0.15, -0.1) is 0 Å². The van der Waals surface area contributed by atoms with E-state index in [4.69, 9.17) is 14.6 Å². The second-order valence-electron chi connectivity index (χ2n) is 13.8. The number of anilines is 2. The van der Waals surface area contributed by atoms with E-state index >= 15 is 0 Å². The van der Waals surface area contributed by atoms with Crippen molar-refractivity contribution in [2.75, 3.05) is 44.0 Å². The molecule has 44 heavy (non-hydrogen) atoms. The Morgan fingerprint density at radius 2 is 1.93 bits per heavy atom. The highest BCUT2D eigenvalue weighted by Crippen LogP contribution is 2.43. The van der Waals surface area contributed by atoms with Gasteiger partial charge in [-0.25, -0.2) is 4.68 Å². The van der Waals surface area contributed by atoms with Crippen molar-refractivity contribution in [1.29, 1.82) is 0 Å². The van der Waals surface area contributed by atoms with Crippen molar-refractivity contribution in [3.8, 4) is 5.75 Å². The van der Waals surface area contributed by atoms with Crippen LogP contribution in [-0.2, 0) is 14.9 Å². The second kappa shape index (κ2) is 12.7. The highest BCUT2D eigenvalue weighted by Gasteiger charge is 2.35. The summed E-state index contributed by atoms with van der Waals surface area (Å²) in [4.78, 5) is 15.3. The molecule has 3 aromatic rings. The van der Waals surface area contributed by atoms with E-state index in [1.165, 1.54) is 5.56 Å². The lowest BCUT2D eigenvalue weighted by Crippen LogP contribution is -2.43. The number of aryl methyl sites for hydroxylation is 1. The number of benzene rings is 2. The first-order chi connectivity index (χ1) is 20.9. The summed E-state index contributed by atoms with van der Waals surface area (Å²) in [5.74, 6) is 3.23. The smallest absolute Gasteiger partial charge is 0.223 e. The molecule has 2 N–H and O–H groups in total. The standard InChI is InChI=1S/C36H49N5O3/c1-9-31(37-28-13-14-29(43-8)27-12-10-11-25(3)34(27)28)38-32-20-30(35(4,5)6)39-41(32)26-19-24(2)21-36(7,22-26)23-33(42)40-15-17-44-18-16-40/h9-14,20,22,24,37-38H,15-19,21,23H2,1-8H3/b31-9-. The van der Waals surface area contributed by atoms with Crippen molar-refractivity contribution in [2.45, 2.75) is 73.1 Å². The van der Waals surface area contributed by atoms with Crippen LogP contribution in [0.5, 0.6) is 5.75 Å². The van der Waals surface area contributed by atoms with Crippen molar-refractivity contribution < 1.29 is 14.3 Å². The summed E-state index contributed by atoms with van der Waals surface area (Å²) >= 11 is 0. The van der Waals surface area contributed by atoms with Crippen LogP contribution >= 0.6 is 0 Å². The molecule has 1 aliphatic heterocycles. The Morgan fingerprint density at radius 1 is 1.18 bits per heavy atom. The minimum atomic E-state index is -0.255. The molecule has 2 heterocycles. The first-order valence-electron chi connectivity index (χ1n) is 15.9. The number of carbonyl (C=O) groups excluding carboxylic acids is 1. The Bertz CT molecular complexity index is 1570.